The van der Waals surface area contributed by atoms with Crippen LogP contribution in [0.1, 0.15) is 41.5 Å². The van der Waals surface area contributed by atoms with E-state index in [4.69, 9.17) is 0 Å². The van der Waals surface area contributed by atoms with Crippen LogP contribution in [0.15, 0.2) is 12.1 Å². The van der Waals surface area contributed by atoms with E-state index >= 15 is 0 Å². The maximum atomic E-state index is 9.34. The number of benzene rings is 1. The average Bonchev–Trinajstić information content (AvgIpc) is 2.75. The van der Waals surface area contributed by atoms with Crippen molar-refractivity contribution in [1.82, 2.24) is 5.32 Å². The van der Waals surface area contributed by atoms with Gasteiger partial charge in [0.1, 0.15) is 0 Å². The van der Waals surface area contributed by atoms with E-state index in [1.54, 1.807) is 0 Å². The van der Waals surface area contributed by atoms with Gasteiger partial charge in [-0.3, -0.25) is 0 Å². The Balaban J connectivity index is 2.02. The van der Waals surface area contributed by atoms with E-state index in [-0.39, 0.29) is 0 Å². The van der Waals surface area contributed by atoms with Crippen molar-refractivity contribution in [2.24, 2.45) is 5.92 Å². The lowest BCUT2D eigenvalue weighted by Gasteiger charge is -2.21. The van der Waals surface area contributed by atoms with Gasteiger partial charge in [0.25, 0.3) is 0 Å². The van der Waals surface area contributed by atoms with Crippen molar-refractivity contribution in [2.75, 3.05) is 6.61 Å². The number of aliphatic hydroxyl groups is 1. The van der Waals surface area contributed by atoms with Crippen molar-refractivity contribution >= 4 is 0 Å². The van der Waals surface area contributed by atoms with Crippen LogP contribution in [0.3, 0.4) is 0 Å². The van der Waals surface area contributed by atoms with E-state index < -0.39 is 0 Å². The summed E-state index contributed by atoms with van der Waals surface area (Å²) >= 11 is 0. The van der Waals surface area contributed by atoms with Crippen LogP contribution in [-0.4, -0.2) is 17.8 Å². The van der Waals surface area contributed by atoms with Crippen LogP contribution in [0.5, 0.6) is 0 Å². The van der Waals surface area contributed by atoms with Gasteiger partial charge in [0.15, 0.2) is 0 Å². The van der Waals surface area contributed by atoms with Gasteiger partial charge in [0.05, 0.1) is 0 Å². The molecule has 1 aliphatic rings. The summed E-state index contributed by atoms with van der Waals surface area (Å²) in [6.07, 6.45) is 3.62. The molecule has 0 heterocycles. The van der Waals surface area contributed by atoms with Gasteiger partial charge < -0.3 is 10.4 Å². The molecule has 2 rings (SSSR count). The van der Waals surface area contributed by atoms with E-state index in [1.807, 2.05) is 0 Å². The molecular weight excluding hydrogens is 222 g/mol. The normalized spacial score (nSPS) is 23.6. The largest absolute Gasteiger partial charge is 0.396 e. The molecule has 2 nitrogen and oxygen atoms in total. The Morgan fingerprint density at radius 1 is 1.17 bits per heavy atom. The van der Waals surface area contributed by atoms with Gasteiger partial charge in [-0.1, -0.05) is 24.1 Å². The third-order valence-electron chi connectivity index (χ3n) is 4.27. The standard InChI is InChI=1S/C16H25NO/c1-11-7-12(2)15(13(3)8-11)9-17-16-6-4-5-14(16)10-18/h7-8,14,16-18H,4-6,9-10H2,1-3H3. The molecule has 0 spiro atoms. The highest BCUT2D eigenvalue weighted by molar-refractivity contribution is 5.37. The summed E-state index contributed by atoms with van der Waals surface area (Å²) < 4.78 is 0. The van der Waals surface area contributed by atoms with Crippen LogP contribution in [0.2, 0.25) is 0 Å². The number of hydrogen-bond acceptors (Lipinski definition) is 2. The Morgan fingerprint density at radius 2 is 1.83 bits per heavy atom. The molecular formula is C16H25NO. The minimum Gasteiger partial charge on any atom is -0.396 e. The topological polar surface area (TPSA) is 32.3 Å². The second-order valence-corrected chi connectivity index (χ2v) is 5.74. The molecule has 1 aliphatic carbocycles. The number of hydrogen-bond donors (Lipinski definition) is 2. The van der Waals surface area contributed by atoms with E-state index in [0.717, 1.165) is 6.54 Å². The first-order valence-corrected chi connectivity index (χ1v) is 7.02. The average molecular weight is 247 g/mol. The van der Waals surface area contributed by atoms with Gasteiger partial charge in [-0.15, -0.1) is 0 Å². The van der Waals surface area contributed by atoms with Crippen LogP contribution in [0.4, 0.5) is 0 Å². The van der Waals surface area contributed by atoms with Gasteiger partial charge in [0.2, 0.25) is 0 Å². The predicted molar refractivity (Wildman–Crippen MR) is 75.7 cm³/mol. The number of nitrogens with one attached hydrogen (secondary N) is 1. The zero-order valence-corrected chi connectivity index (χ0v) is 11.8. The maximum Gasteiger partial charge on any atom is 0.0474 e. The molecule has 1 saturated carbocycles. The summed E-state index contributed by atoms with van der Waals surface area (Å²) in [5, 5.41) is 13.0. The third-order valence-corrected chi connectivity index (χ3v) is 4.27. The van der Waals surface area contributed by atoms with Crippen molar-refractivity contribution in [3.05, 3.63) is 34.4 Å². The SMILES string of the molecule is Cc1cc(C)c(CNC2CCCC2CO)c(C)c1. The fourth-order valence-corrected chi connectivity index (χ4v) is 3.25. The Hall–Kier alpha value is -0.860. The molecule has 0 amide bonds. The zero-order chi connectivity index (χ0) is 13.1. The van der Waals surface area contributed by atoms with Crippen LogP contribution >= 0.6 is 0 Å². The minimum atomic E-state index is 0.323. The van der Waals surface area contributed by atoms with Crippen LogP contribution < -0.4 is 5.32 Å². The first-order valence-electron chi connectivity index (χ1n) is 7.02. The molecule has 1 aromatic carbocycles. The summed E-state index contributed by atoms with van der Waals surface area (Å²) in [4.78, 5) is 0. The smallest absolute Gasteiger partial charge is 0.0474 e. The first-order chi connectivity index (χ1) is 8.61. The van der Waals surface area contributed by atoms with Crippen LogP contribution in [0.25, 0.3) is 0 Å². The van der Waals surface area contributed by atoms with Crippen LogP contribution in [-0.2, 0) is 6.54 Å². The highest BCUT2D eigenvalue weighted by Crippen LogP contribution is 2.26. The fourth-order valence-electron chi connectivity index (χ4n) is 3.25. The fraction of sp³-hybridized carbons (Fsp3) is 0.625. The summed E-state index contributed by atoms with van der Waals surface area (Å²) in [5.41, 5.74) is 5.50. The van der Waals surface area contributed by atoms with Gasteiger partial charge in [0, 0.05) is 19.2 Å². The van der Waals surface area contributed by atoms with Crippen molar-refractivity contribution < 1.29 is 5.11 Å². The molecule has 2 N–H and O–H groups in total. The number of aliphatic hydroxyl groups excluding tert-OH is 1. The molecule has 2 atom stereocenters. The predicted octanol–water partition coefficient (Wildman–Crippen LogP) is 2.86. The van der Waals surface area contributed by atoms with E-state index in [9.17, 15) is 5.11 Å². The molecule has 0 aliphatic heterocycles. The molecule has 0 aromatic heterocycles. The highest BCUT2D eigenvalue weighted by atomic mass is 16.3. The maximum absolute atomic E-state index is 9.34. The number of aryl methyl sites for hydroxylation is 3. The summed E-state index contributed by atoms with van der Waals surface area (Å²) in [7, 11) is 0. The Kier molecular flexibility index (Phi) is 4.41. The minimum absolute atomic E-state index is 0.323. The molecule has 2 unspecified atom stereocenters. The Labute approximate surface area is 110 Å². The molecule has 100 valence electrons. The zero-order valence-electron chi connectivity index (χ0n) is 11.8. The number of rotatable bonds is 4. The molecule has 0 radical (unpaired) electrons. The first kappa shape index (κ1) is 13.6. The molecule has 0 bridgehead atoms. The van der Waals surface area contributed by atoms with Gasteiger partial charge in [-0.2, -0.15) is 0 Å². The second kappa shape index (κ2) is 5.85. The quantitative estimate of drug-likeness (QED) is 0.857. The van der Waals surface area contributed by atoms with Crippen molar-refractivity contribution in [3.63, 3.8) is 0 Å². The van der Waals surface area contributed by atoms with Gasteiger partial charge in [-0.05, 0) is 56.2 Å². The summed E-state index contributed by atoms with van der Waals surface area (Å²) in [6, 6.07) is 5.00. The molecule has 1 fully saturated rings. The molecule has 18 heavy (non-hydrogen) atoms. The molecule has 1 aromatic rings. The Morgan fingerprint density at radius 3 is 2.44 bits per heavy atom. The lowest BCUT2D eigenvalue weighted by Crippen LogP contribution is -2.33. The lowest BCUT2D eigenvalue weighted by atomic mass is 9.98. The molecule has 0 saturated heterocycles. The second-order valence-electron chi connectivity index (χ2n) is 5.74. The monoisotopic (exact) mass is 247 g/mol. The van der Waals surface area contributed by atoms with Crippen molar-refractivity contribution in [1.29, 1.82) is 0 Å². The van der Waals surface area contributed by atoms with E-state index in [1.165, 1.54) is 41.5 Å². The van der Waals surface area contributed by atoms with E-state index in [2.05, 4.69) is 38.2 Å². The van der Waals surface area contributed by atoms with Gasteiger partial charge >= 0.3 is 0 Å². The molecule has 2 heteroatoms. The van der Waals surface area contributed by atoms with E-state index in [0.29, 0.717) is 18.6 Å². The van der Waals surface area contributed by atoms with Crippen molar-refractivity contribution in [2.45, 2.75) is 52.6 Å². The van der Waals surface area contributed by atoms with Crippen molar-refractivity contribution in [3.8, 4) is 0 Å². The Bertz CT molecular complexity index is 391. The lowest BCUT2D eigenvalue weighted by molar-refractivity contribution is 0.205. The van der Waals surface area contributed by atoms with Crippen LogP contribution in [0, 0.1) is 26.7 Å². The summed E-state index contributed by atoms with van der Waals surface area (Å²) in [6.45, 7) is 7.78. The van der Waals surface area contributed by atoms with Gasteiger partial charge in [-0.25, -0.2) is 0 Å². The summed E-state index contributed by atoms with van der Waals surface area (Å²) in [5.74, 6) is 0.455. The highest BCUT2D eigenvalue weighted by Gasteiger charge is 2.26. The third kappa shape index (κ3) is 2.93.